The third-order valence-corrected chi connectivity index (χ3v) is 7.23. The van der Waals surface area contributed by atoms with E-state index < -0.39 is 0 Å². The summed E-state index contributed by atoms with van der Waals surface area (Å²) in [4.78, 5) is 31.1. The van der Waals surface area contributed by atoms with Crippen LogP contribution in [0.25, 0.3) is 0 Å². The van der Waals surface area contributed by atoms with Gasteiger partial charge in [-0.25, -0.2) is 9.18 Å². The van der Waals surface area contributed by atoms with Crippen molar-refractivity contribution in [3.05, 3.63) is 24.0 Å². The lowest BCUT2D eigenvalue weighted by Gasteiger charge is -2.34. The van der Waals surface area contributed by atoms with Crippen LogP contribution in [0.4, 0.5) is 20.6 Å². The molecule has 0 bridgehead atoms. The van der Waals surface area contributed by atoms with Gasteiger partial charge in [-0.05, 0) is 56.7 Å². The molecule has 7 heteroatoms. The number of halogens is 1. The molecule has 3 fully saturated rings. The molecule has 1 aromatic carbocycles. The SMILES string of the molecule is CN(c1ccc(NC(=O)C2CCN(C(=O)N3CCCC3)CC2)cc1F)C1CCCCC1. The Balaban J connectivity index is 1.29. The Labute approximate surface area is 184 Å². The Kier molecular flexibility index (Phi) is 6.98. The fraction of sp³-hybridized carbons (Fsp3) is 0.667. The first-order chi connectivity index (χ1) is 15.0. The molecule has 4 rings (SSSR count). The lowest BCUT2D eigenvalue weighted by Crippen LogP contribution is -2.47. The fourth-order valence-electron chi connectivity index (χ4n) is 5.22. The number of anilines is 2. The van der Waals surface area contributed by atoms with Crippen LogP contribution in [-0.2, 0) is 4.79 Å². The van der Waals surface area contributed by atoms with E-state index >= 15 is 0 Å². The zero-order valence-electron chi connectivity index (χ0n) is 18.6. The molecule has 2 aliphatic heterocycles. The monoisotopic (exact) mass is 430 g/mol. The smallest absolute Gasteiger partial charge is 0.319 e. The van der Waals surface area contributed by atoms with Crippen molar-refractivity contribution < 1.29 is 14.0 Å². The van der Waals surface area contributed by atoms with Crippen molar-refractivity contribution >= 4 is 23.3 Å². The molecular formula is C24H35FN4O2. The van der Waals surface area contributed by atoms with Crippen LogP contribution in [0.15, 0.2) is 18.2 Å². The summed E-state index contributed by atoms with van der Waals surface area (Å²) in [5, 5.41) is 2.89. The molecule has 1 aliphatic carbocycles. The van der Waals surface area contributed by atoms with Crippen molar-refractivity contribution in [2.24, 2.45) is 5.92 Å². The lowest BCUT2D eigenvalue weighted by atomic mass is 9.94. The van der Waals surface area contributed by atoms with Gasteiger partial charge in [0.25, 0.3) is 0 Å². The highest BCUT2D eigenvalue weighted by Crippen LogP contribution is 2.30. The van der Waals surface area contributed by atoms with E-state index in [-0.39, 0.29) is 23.7 Å². The number of hydrogen-bond donors (Lipinski definition) is 1. The van der Waals surface area contributed by atoms with E-state index in [1.165, 1.54) is 25.3 Å². The van der Waals surface area contributed by atoms with Gasteiger partial charge in [0.05, 0.1) is 5.69 Å². The molecule has 0 spiro atoms. The third kappa shape index (κ3) is 5.13. The second kappa shape index (κ2) is 9.88. The predicted molar refractivity (Wildman–Crippen MR) is 121 cm³/mol. The van der Waals surface area contributed by atoms with E-state index in [4.69, 9.17) is 0 Å². The summed E-state index contributed by atoms with van der Waals surface area (Å²) in [6, 6.07) is 5.49. The highest BCUT2D eigenvalue weighted by Gasteiger charge is 2.30. The Morgan fingerprint density at radius 2 is 1.58 bits per heavy atom. The van der Waals surface area contributed by atoms with Crippen LogP contribution in [-0.4, -0.2) is 61.0 Å². The third-order valence-electron chi connectivity index (χ3n) is 7.23. The summed E-state index contributed by atoms with van der Waals surface area (Å²) in [5.41, 5.74) is 1.09. The number of benzene rings is 1. The highest BCUT2D eigenvalue weighted by atomic mass is 19.1. The molecule has 6 nitrogen and oxygen atoms in total. The minimum absolute atomic E-state index is 0.0824. The van der Waals surface area contributed by atoms with E-state index in [1.807, 2.05) is 21.7 Å². The molecule has 0 atom stereocenters. The maximum Gasteiger partial charge on any atom is 0.319 e. The van der Waals surface area contributed by atoms with Gasteiger partial charge in [-0.2, -0.15) is 0 Å². The molecule has 170 valence electrons. The molecule has 3 amide bonds. The second-order valence-corrected chi connectivity index (χ2v) is 9.30. The zero-order chi connectivity index (χ0) is 21.8. The molecule has 0 radical (unpaired) electrons. The van der Waals surface area contributed by atoms with E-state index in [2.05, 4.69) is 5.32 Å². The van der Waals surface area contributed by atoms with Crippen molar-refractivity contribution in [1.29, 1.82) is 0 Å². The Hall–Kier alpha value is -2.31. The van der Waals surface area contributed by atoms with Crippen LogP contribution < -0.4 is 10.2 Å². The van der Waals surface area contributed by atoms with Gasteiger partial charge >= 0.3 is 6.03 Å². The average Bonchev–Trinajstić information content (AvgIpc) is 3.34. The standard InChI is InChI=1S/C24H35FN4O2/c1-27(20-7-3-2-4-8-20)22-10-9-19(17-21(22)25)26-23(30)18-11-15-29(16-12-18)24(31)28-13-5-6-14-28/h9-10,17-18,20H,2-8,11-16H2,1H3,(H,26,30). The van der Waals surface area contributed by atoms with E-state index in [0.717, 1.165) is 38.8 Å². The maximum atomic E-state index is 14.8. The summed E-state index contributed by atoms with van der Waals surface area (Å²) in [6.07, 6.45) is 9.34. The molecular weight excluding hydrogens is 395 g/mol. The first-order valence-corrected chi connectivity index (χ1v) is 11.9. The number of nitrogens with zero attached hydrogens (tertiary/aromatic N) is 3. The van der Waals surface area contributed by atoms with E-state index in [1.54, 1.807) is 12.1 Å². The van der Waals surface area contributed by atoms with E-state index in [0.29, 0.717) is 43.3 Å². The largest absolute Gasteiger partial charge is 0.369 e. The fourth-order valence-corrected chi connectivity index (χ4v) is 5.22. The topological polar surface area (TPSA) is 55.9 Å². The van der Waals surface area contributed by atoms with Gasteiger partial charge in [0.1, 0.15) is 5.82 Å². The summed E-state index contributed by atoms with van der Waals surface area (Å²) < 4.78 is 14.8. The number of urea groups is 1. The van der Waals surface area contributed by atoms with Crippen LogP contribution in [0.3, 0.4) is 0 Å². The van der Waals surface area contributed by atoms with Crippen molar-refractivity contribution in [3.8, 4) is 0 Å². The van der Waals surface area contributed by atoms with Crippen molar-refractivity contribution in [3.63, 3.8) is 0 Å². The molecule has 0 unspecified atom stereocenters. The van der Waals surface area contributed by atoms with Crippen LogP contribution in [0.2, 0.25) is 0 Å². The molecule has 2 saturated heterocycles. The average molecular weight is 431 g/mol. The molecule has 1 aromatic rings. The first kappa shape index (κ1) is 21.9. The summed E-state index contributed by atoms with van der Waals surface area (Å²) in [5.74, 6) is -0.520. The normalized spacial score (nSPS) is 20.7. The minimum Gasteiger partial charge on any atom is -0.369 e. The predicted octanol–water partition coefficient (Wildman–Crippen LogP) is 4.46. The van der Waals surface area contributed by atoms with Gasteiger partial charge in [0, 0.05) is 50.9 Å². The Morgan fingerprint density at radius 1 is 0.935 bits per heavy atom. The number of carbonyl (C=O) groups is 2. The number of rotatable bonds is 4. The Morgan fingerprint density at radius 3 is 2.23 bits per heavy atom. The number of carbonyl (C=O) groups excluding carboxylic acids is 2. The number of likely N-dealkylation sites (tertiary alicyclic amines) is 2. The van der Waals surface area contributed by atoms with Gasteiger partial charge in [-0.3, -0.25) is 4.79 Å². The second-order valence-electron chi connectivity index (χ2n) is 9.30. The van der Waals surface area contributed by atoms with Gasteiger partial charge in [0.15, 0.2) is 0 Å². The number of nitrogens with one attached hydrogen (secondary N) is 1. The van der Waals surface area contributed by atoms with Crippen LogP contribution >= 0.6 is 0 Å². The highest BCUT2D eigenvalue weighted by molar-refractivity contribution is 5.93. The van der Waals surface area contributed by atoms with Gasteiger partial charge in [-0.1, -0.05) is 19.3 Å². The van der Waals surface area contributed by atoms with Crippen LogP contribution in [0, 0.1) is 11.7 Å². The van der Waals surface area contributed by atoms with E-state index in [9.17, 15) is 14.0 Å². The summed E-state index contributed by atoms with van der Waals surface area (Å²) >= 11 is 0. The minimum atomic E-state index is -0.295. The Bertz CT molecular complexity index is 782. The van der Waals surface area contributed by atoms with Gasteiger partial charge in [-0.15, -0.1) is 0 Å². The van der Waals surface area contributed by atoms with Crippen molar-refractivity contribution in [2.75, 3.05) is 43.4 Å². The molecule has 1 N–H and O–H groups in total. The summed E-state index contributed by atoms with van der Waals surface area (Å²) in [6.45, 7) is 2.90. The quantitative estimate of drug-likeness (QED) is 0.767. The molecule has 31 heavy (non-hydrogen) atoms. The van der Waals surface area contributed by atoms with Gasteiger partial charge < -0.3 is 20.0 Å². The summed E-state index contributed by atoms with van der Waals surface area (Å²) in [7, 11) is 1.96. The van der Waals surface area contributed by atoms with Crippen LogP contribution in [0.1, 0.15) is 57.8 Å². The first-order valence-electron chi connectivity index (χ1n) is 11.9. The lowest BCUT2D eigenvalue weighted by molar-refractivity contribution is -0.121. The molecule has 3 aliphatic rings. The number of amides is 3. The molecule has 1 saturated carbocycles. The number of hydrogen-bond acceptors (Lipinski definition) is 3. The van der Waals surface area contributed by atoms with Crippen molar-refractivity contribution in [2.45, 2.75) is 63.8 Å². The zero-order valence-corrected chi connectivity index (χ0v) is 18.6. The molecule has 0 aromatic heterocycles. The van der Waals surface area contributed by atoms with Gasteiger partial charge in [0.2, 0.25) is 5.91 Å². The van der Waals surface area contributed by atoms with Crippen molar-refractivity contribution in [1.82, 2.24) is 9.80 Å². The maximum absolute atomic E-state index is 14.8. The molecule has 2 heterocycles. The number of piperidine rings is 1. The van der Waals surface area contributed by atoms with Crippen LogP contribution in [0.5, 0.6) is 0 Å².